The summed E-state index contributed by atoms with van der Waals surface area (Å²) in [5.74, 6) is 0.556. The van der Waals surface area contributed by atoms with E-state index in [2.05, 4.69) is 0 Å². The summed E-state index contributed by atoms with van der Waals surface area (Å²) >= 11 is 0. The molecule has 16 heavy (non-hydrogen) atoms. The molecule has 0 radical (unpaired) electrons. The molecule has 1 aromatic rings. The topological polar surface area (TPSA) is 26.3 Å². The Hall–Kier alpha value is -1.38. The molecular formula is C13H15FO2. The quantitative estimate of drug-likeness (QED) is 0.786. The molecule has 0 amide bonds. The van der Waals surface area contributed by atoms with Crippen molar-refractivity contribution >= 4 is 5.78 Å². The Morgan fingerprint density at radius 1 is 1.56 bits per heavy atom. The van der Waals surface area contributed by atoms with Crippen LogP contribution in [0.2, 0.25) is 0 Å². The van der Waals surface area contributed by atoms with E-state index in [1.807, 2.05) is 6.92 Å². The van der Waals surface area contributed by atoms with Crippen molar-refractivity contribution in [2.24, 2.45) is 0 Å². The Morgan fingerprint density at radius 2 is 2.38 bits per heavy atom. The highest BCUT2D eigenvalue weighted by atomic mass is 19.1. The highest BCUT2D eigenvalue weighted by Gasteiger charge is 2.25. The van der Waals surface area contributed by atoms with E-state index in [4.69, 9.17) is 4.74 Å². The molecule has 1 unspecified atom stereocenters. The molecule has 3 heteroatoms. The number of hydrogen-bond donors (Lipinski definition) is 0. The van der Waals surface area contributed by atoms with E-state index in [0.717, 1.165) is 12.0 Å². The molecule has 0 N–H and O–H groups in total. The lowest BCUT2D eigenvalue weighted by molar-refractivity contribution is -0.126. The average Bonchev–Trinajstić information content (AvgIpc) is 2.28. The molecule has 1 aromatic carbocycles. The maximum atomic E-state index is 12.9. The van der Waals surface area contributed by atoms with Crippen LogP contribution < -0.4 is 4.74 Å². The lowest BCUT2D eigenvalue weighted by Gasteiger charge is -2.25. The number of benzene rings is 1. The van der Waals surface area contributed by atoms with Gasteiger partial charge in [-0.05, 0) is 43.0 Å². The van der Waals surface area contributed by atoms with E-state index < -0.39 is 0 Å². The molecule has 0 aromatic heterocycles. The molecule has 1 aliphatic rings. The van der Waals surface area contributed by atoms with Crippen LogP contribution in [0.3, 0.4) is 0 Å². The number of carbonyl (C=O) groups excluding carboxylic acids is 1. The Kier molecular flexibility index (Phi) is 3.22. The molecule has 1 atom stereocenters. The molecule has 2 nitrogen and oxygen atoms in total. The Labute approximate surface area is 94.4 Å². The van der Waals surface area contributed by atoms with Crippen molar-refractivity contribution in [3.8, 4) is 5.75 Å². The number of rotatable bonds is 3. The second-order valence-corrected chi connectivity index (χ2v) is 4.11. The largest absolute Gasteiger partial charge is 0.482 e. The van der Waals surface area contributed by atoms with Gasteiger partial charge in [0, 0.05) is 6.42 Å². The van der Waals surface area contributed by atoms with E-state index in [9.17, 15) is 9.18 Å². The van der Waals surface area contributed by atoms with Crippen LogP contribution in [-0.2, 0) is 11.2 Å². The van der Waals surface area contributed by atoms with Gasteiger partial charge < -0.3 is 4.74 Å². The van der Waals surface area contributed by atoms with Gasteiger partial charge in [-0.3, -0.25) is 4.79 Å². The molecule has 2 rings (SSSR count). The Balaban J connectivity index is 2.12. The number of carbonyl (C=O) groups is 1. The molecule has 0 saturated heterocycles. The summed E-state index contributed by atoms with van der Waals surface area (Å²) in [6.45, 7) is 1.98. The number of aryl methyl sites for hydroxylation is 1. The van der Waals surface area contributed by atoms with E-state index >= 15 is 0 Å². The van der Waals surface area contributed by atoms with Crippen molar-refractivity contribution in [1.82, 2.24) is 0 Å². The van der Waals surface area contributed by atoms with Crippen molar-refractivity contribution < 1.29 is 13.9 Å². The van der Waals surface area contributed by atoms with Gasteiger partial charge >= 0.3 is 0 Å². The summed E-state index contributed by atoms with van der Waals surface area (Å²) in [5.41, 5.74) is 0.862. The molecular weight excluding hydrogens is 207 g/mol. The van der Waals surface area contributed by atoms with Crippen molar-refractivity contribution in [2.75, 3.05) is 0 Å². The monoisotopic (exact) mass is 222 g/mol. The number of ether oxygens (including phenoxy) is 1. The number of fused-ring (bicyclic) bond motifs is 1. The van der Waals surface area contributed by atoms with Crippen LogP contribution in [0.1, 0.15) is 31.7 Å². The summed E-state index contributed by atoms with van der Waals surface area (Å²) in [6, 6.07) is 4.46. The molecule has 86 valence electrons. The molecule has 0 aliphatic carbocycles. The van der Waals surface area contributed by atoms with Crippen LogP contribution in [-0.4, -0.2) is 11.9 Å². The predicted molar refractivity (Wildman–Crippen MR) is 59.1 cm³/mol. The summed E-state index contributed by atoms with van der Waals surface area (Å²) < 4.78 is 18.5. The van der Waals surface area contributed by atoms with Crippen LogP contribution in [0.5, 0.6) is 5.75 Å². The second kappa shape index (κ2) is 4.64. The third-order valence-corrected chi connectivity index (χ3v) is 2.82. The predicted octanol–water partition coefficient (Wildman–Crippen LogP) is 2.89. The lowest BCUT2D eigenvalue weighted by Crippen LogP contribution is -2.31. The molecule has 0 spiro atoms. The average molecular weight is 222 g/mol. The summed E-state index contributed by atoms with van der Waals surface area (Å²) in [7, 11) is 0. The van der Waals surface area contributed by atoms with Gasteiger partial charge in [-0.2, -0.15) is 0 Å². The zero-order valence-electron chi connectivity index (χ0n) is 9.33. The number of hydrogen-bond acceptors (Lipinski definition) is 2. The highest BCUT2D eigenvalue weighted by Crippen LogP contribution is 2.28. The van der Waals surface area contributed by atoms with Gasteiger partial charge in [-0.1, -0.05) is 6.92 Å². The fourth-order valence-corrected chi connectivity index (χ4v) is 1.99. The van der Waals surface area contributed by atoms with Crippen molar-refractivity contribution in [3.05, 3.63) is 29.6 Å². The van der Waals surface area contributed by atoms with Gasteiger partial charge in [0.05, 0.1) is 0 Å². The summed E-state index contributed by atoms with van der Waals surface area (Å²) in [6.07, 6.45) is 2.44. The number of halogens is 1. The number of ketones is 1. The number of Topliss-reactive ketones (excluding diaryl/α,β-unsaturated/α-hetero) is 1. The van der Waals surface area contributed by atoms with Gasteiger partial charge in [0.15, 0.2) is 11.9 Å². The normalized spacial score (nSPS) is 18.8. The Morgan fingerprint density at radius 3 is 3.12 bits per heavy atom. The molecule has 1 aliphatic heterocycles. The zero-order valence-corrected chi connectivity index (χ0v) is 9.33. The highest BCUT2D eigenvalue weighted by molar-refractivity contribution is 5.83. The first-order valence-electron chi connectivity index (χ1n) is 5.68. The first-order valence-corrected chi connectivity index (χ1v) is 5.68. The van der Waals surface area contributed by atoms with Crippen LogP contribution in [0.4, 0.5) is 4.39 Å². The fourth-order valence-electron chi connectivity index (χ4n) is 1.99. The van der Waals surface area contributed by atoms with E-state index in [1.54, 1.807) is 6.07 Å². The lowest BCUT2D eigenvalue weighted by atomic mass is 9.98. The second-order valence-electron chi connectivity index (χ2n) is 4.11. The molecule has 0 saturated carbocycles. The first kappa shape index (κ1) is 11.1. The van der Waals surface area contributed by atoms with Crippen molar-refractivity contribution in [1.29, 1.82) is 0 Å². The van der Waals surface area contributed by atoms with Crippen LogP contribution >= 0.6 is 0 Å². The SMILES string of the molecule is CCCC(=O)C1CCc2cc(F)ccc2O1. The third-order valence-electron chi connectivity index (χ3n) is 2.82. The first-order chi connectivity index (χ1) is 7.70. The van der Waals surface area contributed by atoms with Crippen molar-refractivity contribution in [2.45, 2.75) is 38.7 Å². The van der Waals surface area contributed by atoms with E-state index in [0.29, 0.717) is 25.0 Å². The zero-order chi connectivity index (χ0) is 11.5. The van der Waals surface area contributed by atoms with Crippen molar-refractivity contribution in [3.63, 3.8) is 0 Å². The molecule has 0 fully saturated rings. The van der Waals surface area contributed by atoms with Gasteiger partial charge in [0.2, 0.25) is 0 Å². The standard InChI is InChI=1S/C13H15FO2/c1-2-3-11(15)13-6-4-9-8-10(14)5-7-12(9)16-13/h5,7-8,13H,2-4,6H2,1H3. The summed E-state index contributed by atoms with van der Waals surface area (Å²) in [4.78, 5) is 11.7. The molecule has 1 heterocycles. The van der Waals surface area contributed by atoms with Crippen LogP contribution in [0.25, 0.3) is 0 Å². The van der Waals surface area contributed by atoms with E-state index in [-0.39, 0.29) is 17.7 Å². The van der Waals surface area contributed by atoms with Gasteiger partial charge in [0.1, 0.15) is 11.6 Å². The molecule has 0 bridgehead atoms. The maximum absolute atomic E-state index is 12.9. The maximum Gasteiger partial charge on any atom is 0.173 e. The van der Waals surface area contributed by atoms with Gasteiger partial charge in [-0.15, -0.1) is 0 Å². The van der Waals surface area contributed by atoms with Crippen LogP contribution in [0, 0.1) is 5.82 Å². The fraction of sp³-hybridized carbons (Fsp3) is 0.462. The minimum Gasteiger partial charge on any atom is -0.482 e. The smallest absolute Gasteiger partial charge is 0.173 e. The van der Waals surface area contributed by atoms with Gasteiger partial charge in [-0.25, -0.2) is 4.39 Å². The van der Waals surface area contributed by atoms with Crippen LogP contribution in [0.15, 0.2) is 18.2 Å². The van der Waals surface area contributed by atoms with E-state index in [1.165, 1.54) is 12.1 Å². The minimum absolute atomic E-state index is 0.150. The minimum atomic E-state index is -0.335. The summed E-state index contributed by atoms with van der Waals surface area (Å²) in [5, 5.41) is 0. The third kappa shape index (κ3) is 2.23. The Bertz CT molecular complexity index is 401. The van der Waals surface area contributed by atoms with Gasteiger partial charge in [0.25, 0.3) is 0 Å².